The Labute approximate surface area is 108 Å². The molecular weight excluding hydrogens is 208 g/mol. The summed E-state index contributed by atoms with van der Waals surface area (Å²) in [5.74, 6) is 0.147. The van der Waals surface area contributed by atoms with E-state index in [9.17, 15) is 4.79 Å². The van der Waals surface area contributed by atoms with Crippen LogP contribution in [0.2, 0.25) is 0 Å². The fourth-order valence-electron chi connectivity index (χ4n) is 2.17. The number of rotatable bonds is 13. The van der Waals surface area contributed by atoms with E-state index in [1.807, 2.05) is 6.92 Å². The summed E-state index contributed by atoms with van der Waals surface area (Å²) in [5, 5.41) is 0. The molecule has 0 N–H and O–H groups in total. The molecule has 0 spiro atoms. The van der Waals surface area contributed by atoms with Crippen LogP contribution >= 0.6 is 0 Å². The minimum atomic E-state index is 0.147. The lowest BCUT2D eigenvalue weighted by molar-refractivity contribution is 0.497. The first-order chi connectivity index (χ1) is 8.31. The van der Waals surface area contributed by atoms with Gasteiger partial charge in [-0.15, -0.1) is 0 Å². The number of carbonyl (C=O) groups excluding carboxylic acids is 1. The van der Waals surface area contributed by atoms with Crippen LogP contribution in [0.1, 0.15) is 90.9 Å². The first-order valence-electron chi connectivity index (χ1n) is 7.69. The van der Waals surface area contributed by atoms with Crippen molar-refractivity contribution in [2.24, 2.45) is 5.92 Å². The summed E-state index contributed by atoms with van der Waals surface area (Å²) in [6.07, 6.45) is 18.2. The van der Waals surface area contributed by atoms with Crippen LogP contribution in [0.3, 0.4) is 0 Å². The van der Waals surface area contributed by atoms with Gasteiger partial charge in [-0.05, 0) is 6.42 Å². The van der Waals surface area contributed by atoms with Crippen LogP contribution in [0.5, 0.6) is 0 Å². The van der Waals surface area contributed by atoms with Gasteiger partial charge in [0.05, 0.1) is 0 Å². The van der Waals surface area contributed by atoms with Gasteiger partial charge in [0.1, 0.15) is 0 Å². The van der Waals surface area contributed by atoms with Gasteiger partial charge in [-0.25, -0.2) is 0 Å². The highest BCUT2D eigenvalue weighted by Gasteiger charge is 1.99. The minimum absolute atomic E-state index is 0.147. The monoisotopic (exact) mass is 239 g/mol. The molecule has 0 rings (SSSR count). The van der Waals surface area contributed by atoms with Gasteiger partial charge in [-0.2, -0.15) is 0 Å². The van der Waals surface area contributed by atoms with Gasteiger partial charge in [0, 0.05) is 5.92 Å². The topological polar surface area (TPSA) is 17.1 Å². The Kier molecular flexibility index (Phi) is 13.5. The third-order valence-electron chi connectivity index (χ3n) is 3.44. The second-order valence-electron chi connectivity index (χ2n) is 5.34. The molecule has 0 aliphatic heterocycles. The second kappa shape index (κ2) is 13.7. The highest BCUT2D eigenvalue weighted by atomic mass is 16.1. The lowest BCUT2D eigenvalue weighted by Crippen LogP contribution is -1.94. The van der Waals surface area contributed by atoms with Gasteiger partial charge in [0.15, 0.2) is 0 Å². The van der Waals surface area contributed by atoms with Crippen LogP contribution in [0.25, 0.3) is 0 Å². The van der Waals surface area contributed by atoms with Crippen molar-refractivity contribution >= 4 is 6.29 Å². The van der Waals surface area contributed by atoms with Crippen molar-refractivity contribution < 1.29 is 4.79 Å². The van der Waals surface area contributed by atoms with Crippen LogP contribution in [0.15, 0.2) is 0 Å². The highest BCUT2D eigenvalue weighted by molar-refractivity contribution is 5.53. The van der Waals surface area contributed by atoms with Crippen molar-refractivity contribution in [3.8, 4) is 0 Å². The summed E-state index contributed by atoms with van der Waals surface area (Å²) in [7, 11) is 0. The molecule has 0 heterocycles. The van der Waals surface area contributed by atoms with Crippen LogP contribution in [0.4, 0.5) is 0 Å². The Balaban J connectivity index is 2.96. The zero-order chi connectivity index (χ0) is 12.8. The van der Waals surface area contributed by atoms with E-state index in [0.717, 1.165) is 6.42 Å². The largest absolute Gasteiger partial charge is 0.291 e. The third-order valence-corrected chi connectivity index (χ3v) is 3.44. The molecule has 17 heavy (non-hydrogen) atoms. The molecular formula is C16H31O. The number of unbranched alkanes of at least 4 members (excludes halogenated alkanes) is 10. The van der Waals surface area contributed by atoms with Crippen LogP contribution in [0, 0.1) is 5.92 Å². The van der Waals surface area contributed by atoms with Crippen LogP contribution in [-0.2, 0) is 4.79 Å². The molecule has 0 aromatic rings. The third kappa shape index (κ3) is 13.6. The Hall–Kier alpha value is -0.330. The molecule has 0 aliphatic rings. The predicted octanol–water partition coefficient (Wildman–Crippen LogP) is 5.43. The standard InChI is InChI=1S/C16H31O/c1-3-4-5-6-7-8-9-10-11-12-13-14-16(2)15-17/h16H,3-14H2,1-2H3. The molecule has 0 fully saturated rings. The Morgan fingerprint density at radius 2 is 1.18 bits per heavy atom. The average molecular weight is 239 g/mol. The maximum atomic E-state index is 10.3. The summed E-state index contributed by atoms with van der Waals surface area (Å²) in [4.78, 5) is 10.3. The number of hydrogen-bond acceptors (Lipinski definition) is 1. The van der Waals surface area contributed by atoms with E-state index in [2.05, 4.69) is 13.2 Å². The van der Waals surface area contributed by atoms with Crippen molar-refractivity contribution in [1.82, 2.24) is 0 Å². The van der Waals surface area contributed by atoms with Crippen molar-refractivity contribution in [1.29, 1.82) is 0 Å². The quantitative estimate of drug-likeness (QED) is 0.391. The normalized spacial score (nSPS) is 12.6. The number of hydrogen-bond donors (Lipinski definition) is 0. The maximum Gasteiger partial charge on any atom is 0.201 e. The Bertz CT molecular complexity index is 154. The summed E-state index contributed by atoms with van der Waals surface area (Å²) < 4.78 is 0. The van der Waals surface area contributed by atoms with Gasteiger partial charge >= 0.3 is 0 Å². The fourth-order valence-corrected chi connectivity index (χ4v) is 2.17. The molecule has 0 saturated heterocycles. The summed E-state index contributed by atoms with van der Waals surface area (Å²) in [6.45, 7) is 4.23. The average Bonchev–Trinajstić information content (AvgIpc) is 2.35. The molecule has 1 radical (unpaired) electrons. The zero-order valence-corrected chi connectivity index (χ0v) is 12.0. The first kappa shape index (κ1) is 16.7. The molecule has 0 aromatic heterocycles. The lowest BCUT2D eigenvalue weighted by atomic mass is 10.0. The highest BCUT2D eigenvalue weighted by Crippen LogP contribution is 2.13. The summed E-state index contributed by atoms with van der Waals surface area (Å²) >= 11 is 0. The van der Waals surface area contributed by atoms with Crippen LogP contribution < -0.4 is 0 Å². The van der Waals surface area contributed by atoms with Gasteiger partial charge in [-0.1, -0.05) is 84.5 Å². The van der Waals surface area contributed by atoms with E-state index in [1.54, 1.807) is 0 Å². The van der Waals surface area contributed by atoms with E-state index in [-0.39, 0.29) is 5.92 Å². The van der Waals surface area contributed by atoms with E-state index >= 15 is 0 Å². The molecule has 0 aromatic carbocycles. The van der Waals surface area contributed by atoms with Gasteiger partial charge in [0.25, 0.3) is 0 Å². The maximum absolute atomic E-state index is 10.3. The molecule has 0 saturated carbocycles. The molecule has 0 bridgehead atoms. The SMILES string of the molecule is CCCCCCCCCCCCCC(C)[C]=O. The van der Waals surface area contributed by atoms with Gasteiger partial charge in [-0.3, -0.25) is 4.79 Å². The Morgan fingerprint density at radius 3 is 1.59 bits per heavy atom. The van der Waals surface area contributed by atoms with Crippen molar-refractivity contribution in [2.45, 2.75) is 90.9 Å². The van der Waals surface area contributed by atoms with Gasteiger partial charge < -0.3 is 0 Å². The molecule has 1 nitrogen and oxygen atoms in total. The fraction of sp³-hybridized carbons (Fsp3) is 0.938. The molecule has 1 unspecified atom stereocenters. The molecule has 0 aliphatic carbocycles. The zero-order valence-electron chi connectivity index (χ0n) is 12.0. The molecule has 1 atom stereocenters. The lowest BCUT2D eigenvalue weighted by Gasteiger charge is -2.03. The predicted molar refractivity (Wildman–Crippen MR) is 75.9 cm³/mol. The summed E-state index contributed by atoms with van der Waals surface area (Å²) in [5.41, 5.74) is 0. The van der Waals surface area contributed by atoms with E-state index in [0.29, 0.717) is 0 Å². The van der Waals surface area contributed by atoms with Crippen molar-refractivity contribution in [2.75, 3.05) is 0 Å². The smallest absolute Gasteiger partial charge is 0.201 e. The van der Waals surface area contributed by atoms with E-state index in [1.165, 1.54) is 70.6 Å². The van der Waals surface area contributed by atoms with E-state index in [4.69, 9.17) is 0 Å². The molecule has 0 amide bonds. The van der Waals surface area contributed by atoms with Crippen molar-refractivity contribution in [3.05, 3.63) is 0 Å². The molecule has 1 heteroatoms. The van der Waals surface area contributed by atoms with E-state index < -0.39 is 0 Å². The molecule has 101 valence electrons. The summed E-state index contributed by atoms with van der Waals surface area (Å²) in [6, 6.07) is 0. The minimum Gasteiger partial charge on any atom is -0.291 e. The first-order valence-corrected chi connectivity index (χ1v) is 7.69. The van der Waals surface area contributed by atoms with Crippen molar-refractivity contribution in [3.63, 3.8) is 0 Å². The second-order valence-corrected chi connectivity index (χ2v) is 5.34. The van der Waals surface area contributed by atoms with Gasteiger partial charge in [0.2, 0.25) is 6.29 Å². The Morgan fingerprint density at radius 1 is 0.765 bits per heavy atom. The van der Waals surface area contributed by atoms with Crippen LogP contribution in [-0.4, -0.2) is 6.29 Å².